The lowest BCUT2D eigenvalue weighted by Gasteiger charge is -2.26. The van der Waals surface area contributed by atoms with Gasteiger partial charge in [0.1, 0.15) is 5.75 Å². The number of allylic oxidation sites excluding steroid dienone is 1. The molecule has 0 spiro atoms. The number of carbonyl (C=O) groups excluding carboxylic acids is 1. The van der Waals surface area contributed by atoms with E-state index in [1.807, 2.05) is 25.2 Å². The quantitative estimate of drug-likeness (QED) is 0.307. The molecule has 10 heteroatoms. The van der Waals surface area contributed by atoms with Crippen LogP contribution in [0.4, 0.5) is 23.0 Å². The number of hydrogen-bond acceptors (Lipinski definition) is 8. The fourth-order valence-electron chi connectivity index (χ4n) is 4.73. The maximum absolute atomic E-state index is 12.3. The Bertz CT molecular complexity index is 1380. The third kappa shape index (κ3) is 6.70. The number of rotatable bonds is 13. The van der Waals surface area contributed by atoms with Crippen molar-refractivity contribution >= 4 is 35.0 Å². The molecule has 10 nitrogen and oxygen atoms in total. The maximum Gasteiger partial charge on any atom is 0.247 e. The zero-order valence-electron chi connectivity index (χ0n) is 24.0. The summed E-state index contributed by atoms with van der Waals surface area (Å²) in [6.07, 6.45) is 11.5. The molecule has 2 aromatic heterocycles. The van der Waals surface area contributed by atoms with Gasteiger partial charge in [-0.15, -0.1) is 0 Å². The van der Waals surface area contributed by atoms with Crippen LogP contribution in [0.5, 0.6) is 5.75 Å². The minimum absolute atomic E-state index is 0.303. The number of likely N-dealkylation sites (N-methyl/N-ethyl adjacent to an activating group) is 2. The van der Waals surface area contributed by atoms with E-state index in [4.69, 9.17) is 14.5 Å². The zero-order chi connectivity index (χ0) is 28.6. The lowest BCUT2D eigenvalue weighted by Crippen LogP contribution is -2.33. The molecule has 3 aromatic rings. The molecule has 4 rings (SSSR count). The first-order valence-corrected chi connectivity index (χ1v) is 13.3. The summed E-state index contributed by atoms with van der Waals surface area (Å²) < 4.78 is 13.1. The van der Waals surface area contributed by atoms with Gasteiger partial charge in [-0.1, -0.05) is 18.7 Å². The molecule has 0 unspecified atom stereocenters. The average molecular weight is 546 g/mol. The molecule has 0 bridgehead atoms. The Labute approximate surface area is 236 Å². The number of fused-ring (bicyclic) bond motifs is 1. The van der Waals surface area contributed by atoms with Crippen molar-refractivity contribution in [1.29, 1.82) is 0 Å². The molecular formula is C30H39N7O3. The van der Waals surface area contributed by atoms with Crippen LogP contribution in [0, 0.1) is 0 Å². The van der Waals surface area contributed by atoms with Crippen LogP contribution in [0.25, 0.3) is 17.3 Å². The van der Waals surface area contributed by atoms with Gasteiger partial charge in [-0.25, -0.2) is 9.97 Å². The smallest absolute Gasteiger partial charge is 0.247 e. The van der Waals surface area contributed by atoms with E-state index >= 15 is 0 Å². The van der Waals surface area contributed by atoms with Crippen LogP contribution in [0.3, 0.4) is 0 Å². The highest BCUT2D eigenvalue weighted by Crippen LogP contribution is 2.38. The Morgan fingerprint density at radius 3 is 2.77 bits per heavy atom. The number of carbonyl (C=O) groups is 1. The number of aromatic nitrogens is 3. The van der Waals surface area contributed by atoms with Gasteiger partial charge in [0, 0.05) is 76.1 Å². The predicted octanol–water partition coefficient (Wildman–Crippen LogP) is 4.33. The number of benzene rings is 1. The second kappa shape index (κ2) is 13.3. The largest absolute Gasteiger partial charge is 0.494 e. The van der Waals surface area contributed by atoms with Gasteiger partial charge >= 0.3 is 0 Å². The van der Waals surface area contributed by atoms with Crippen LogP contribution >= 0.6 is 0 Å². The molecule has 1 aliphatic carbocycles. The van der Waals surface area contributed by atoms with Crippen molar-refractivity contribution < 1.29 is 14.3 Å². The van der Waals surface area contributed by atoms with Gasteiger partial charge in [-0.3, -0.25) is 4.79 Å². The highest BCUT2D eigenvalue weighted by molar-refractivity contribution is 6.02. The van der Waals surface area contributed by atoms with E-state index in [2.05, 4.69) is 69.0 Å². The van der Waals surface area contributed by atoms with E-state index < -0.39 is 0 Å². The van der Waals surface area contributed by atoms with Crippen molar-refractivity contribution in [2.24, 2.45) is 7.05 Å². The first kappa shape index (κ1) is 28.8. The Balaban J connectivity index is 1.63. The van der Waals surface area contributed by atoms with Crippen molar-refractivity contribution in [3.63, 3.8) is 0 Å². The van der Waals surface area contributed by atoms with E-state index in [0.29, 0.717) is 29.7 Å². The summed E-state index contributed by atoms with van der Waals surface area (Å²) in [6, 6.07) is 5.65. The number of nitrogens with zero attached hydrogens (tertiary/aromatic N) is 5. The molecule has 40 heavy (non-hydrogen) atoms. The minimum Gasteiger partial charge on any atom is -0.494 e. The van der Waals surface area contributed by atoms with E-state index in [-0.39, 0.29) is 5.91 Å². The summed E-state index contributed by atoms with van der Waals surface area (Å²) in [5.74, 6) is 0.721. The normalized spacial score (nSPS) is 12.2. The van der Waals surface area contributed by atoms with Crippen LogP contribution in [0.2, 0.25) is 0 Å². The summed E-state index contributed by atoms with van der Waals surface area (Å²) in [6.45, 7) is 6.65. The molecular weight excluding hydrogens is 506 g/mol. The van der Waals surface area contributed by atoms with Crippen LogP contribution in [0.1, 0.15) is 17.7 Å². The van der Waals surface area contributed by atoms with Crippen molar-refractivity contribution in [3.8, 4) is 17.0 Å². The number of anilines is 4. The Kier molecular flexibility index (Phi) is 9.57. The number of ether oxygens (including phenoxy) is 2. The van der Waals surface area contributed by atoms with Gasteiger partial charge in [0.25, 0.3) is 0 Å². The van der Waals surface area contributed by atoms with Crippen molar-refractivity contribution in [2.45, 2.75) is 12.8 Å². The molecule has 0 atom stereocenters. The second-order valence-corrected chi connectivity index (χ2v) is 9.83. The number of hydrogen-bond donors (Lipinski definition) is 2. The lowest BCUT2D eigenvalue weighted by molar-refractivity contribution is -0.111. The summed E-state index contributed by atoms with van der Waals surface area (Å²) in [7, 11) is 9.42. The van der Waals surface area contributed by atoms with Gasteiger partial charge in [0.15, 0.2) is 0 Å². The standard InChI is InChI=1S/C30H39N7O3/c1-7-29(38)32-24-18-25(28(40-6)19-27(24)36(3)15-14-35(2)16-17-39-5)34-30-31-13-12-23(33-30)22-20-37(4)26-11-9-8-10-21(22)26/h7-8,10,12-13,18-20H,1,9,11,14-17H2,2-6H3,(H,32,38)(H,31,33,34). The summed E-state index contributed by atoms with van der Waals surface area (Å²) in [5.41, 5.74) is 6.46. The van der Waals surface area contributed by atoms with Gasteiger partial charge in [-0.2, -0.15) is 0 Å². The molecule has 0 aliphatic heterocycles. The molecule has 212 valence electrons. The molecule has 2 N–H and O–H groups in total. The Morgan fingerprint density at radius 2 is 2.02 bits per heavy atom. The lowest BCUT2D eigenvalue weighted by atomic mass is 10.0. The number of aryl methyl sites for hydroxylation is 1. The van der Waals surface area contributed by atoms with Gasteiger partial charge < -0.3 is 34.5 Å². The Morgan fingerprint density at radius 1 is 1.20 bits per heavy atom. The Hall–Kier alpha value is -4.15. The van der Waals surface area contributed by atoms with Gasteiger partial charge in [0.05, 0.1) is 36.5 Å². The van der Waals surface area contributed by atoms with E-state index in [1.165, 1.54) is 17.3 Å². The highest BCUT2D eigenvalue weighted by Gasteiger charge is 2.19. The molecule has 0 radical (unpaired) electrons. The SMILES string of the molecule is C=CC(=O)Nc1cc(Nc2nccc(-c3cn(C)c4c3C=CCC4)n2)c(OC)cc1N(C)CCN(C)CCOC. The summed E-state index contributed by atoms with van der Waals surface area (Å²) >= 11 is 0. The fourth-order valence-corrected chi connectivity index (χ4v) is 4.73. The summed E-state index contributed by atoms with van der Waals surface area (Å²) in [5, 5.41) is 6.24. The molecule has 0 saturated heterocycles. The van der Waals surface area contributed by atoms with E-state index in [1.54, 1.807) is 20.4 Å². The monoisotopic (exact) mass is 545 g/mol. The third-order valence-electron chi connectivity index (χ3n) is 7.03. The first-order valence-electron chi connectivity index (χ1n) is 13.3. The van der Waals surface area contributed by atoms with Crippen LogP contribution in [0.15, 0.2) is 49.3 Å². The van der Waals surface area contributed by atoms with Gasteiger partial charge in [0.2, 0.25) is 11.9 Å². The predicted molar refractivity (Wildman–Crippen MR) is 162 cm³/mol. The minimum atomic E-state index is -0.303. The number of methoxy groups -OCH3 is 2. The van der Waals surface area contributed by atoms with Crippen molar-refractivity contribution in [2.75, 3.05) is 70.1 Å². The highest BCUT2D eigenvalue weighted by atomic mass is 16.5. The van der Waals surface area contributed by atoms with Crippen molar-refractivity contribution in [1.82, 2.24) is 19.4 Å². The zero-order valence-corrected chi connectivity index (χ0v) is 24.0. The number of nitrogens with one attached hydrogen (secondary N) is 2. The molecule has 0 fully saturated rings. The van der Waals surface area contributed by atoms with E-state index in [9.17, 15) is 4.79 Å². The van der Waals surface area contributed by atoms with Crippen LogP contribution < -0.4 is 20.3 Å². The average Bonchev–Trinajstić information content (AvgIpc) is 3.31. The van der Waals surface area contributed by atoms with Crippen molar-refractivity contribution in [3.05, 3.63) is 60.6 Å². The molecule has 2 heterocycles. The molecule has 1 aromatic carbocycles. The second-order valence-electron chi connectivity index (χ2n) is 9.83. The van der Waals surface area contributed by atoms with E-state index in [0.717, 1.165) is 49.4 Å². The maximum atomic E-state index is 12.3. The molecule has 1 aliphatic rings. The summed E-state index contributed by atoms with van der Waals surface area (Å²) in [4.78, 5) is 25.9. The molecule has 1 amide bonds. The van der Waals surface area contributed by atoms with Crippen LogP contribution in [-0.2, 0) is 23.0 Å². The topological polar surface area (TPSA) is 96.8 Å². The fraction of sp³-hybridized carbons (Fsp3) is 0.367. The van der Waals surface area contributed by atoms with Crippen LogP contribution in [-0.4, -0.2) is 79.9 Å². The first-order chi connectivity index (χ1) is 19.3. The molecule has 0 saturated carbocycles. The van der Waals surface area contributed by atoms with Gasteiger partial charge in [-0.05, 0) is 38.1 Å². The third-order valence-corrected chi connectivity index (χ3v) is 7.03. The number of amides is 1.